The van der Waals surface area contributed by atoms with Crippen LogP contribution in [-0.4, -0.2) is 6.04 Å². The standard InChI is InChI=1S/C14H20N2/c15-16-13(10-11-6-7-11)14(8-9-14)12-4-2-1-3-5-12/h1-5,11,13,16H,6-10,15H2. The van der Waals surface area contributed by atoms with Crippen molar-refractivity contribution in [1.29, 1.82) is 0 Å². The van der Waals surface area contributed by atoms with Crippen molar-refractivity contribution in [2.24, 2.45) is 11.8 Å². The topological polar surface area (TPSA) is 38.0 Å². The molecule has 0 aliphatic heterocycles. The van der Waals surface area contributed by atoms with Crippen LogP contribution < -0.4 is 11.3 Å². The molecule has 2 aliphatic rings. The molecular weight excluding hydrogens is 196 g/mol. The number of hydrogen-bond acceptors (Lipinski definition) is 2. The number of nitrogens with two attached hydrogens (primary N) is 1. The summed E-state index contributed by atoms with van der Waals surface area (Å²) in [4.78, 5) is 0. The van der Waals surface area contributed by atoms with E-state index in [2.05, 4.69) is 35.8 Å². The van der Waals surface area contributed by atoms with E-state index in [0.29, 0.717) is 11.5 Å². The molecule has 1 unspecified atom stereocenters. The van der Waals surface area contributed by atoms with Crippen molar-refractivity contribution in [1.82, 2.24) is 5.43 Å². The average molecular weight is 216 g/mol. The van der Waals surface area contributed by atoms with Crippen molar-refractivity contribution in [3.05, 3.63) is 35.9 Å². The second kappa shape index (κ2) is 3.86. The van der Waals surface area contributed by atoms with Crippen LogP contribution in [0.15, 0.2) is 30.3 Å². The van der Waals surface area contributed by atoms with Gasteiger partial charge < -0.3 is 0 Å². The zero-order valence-corrected chi connectivity index (χ0v) is 9.65. The first-order chi connectivity index (χ1) is 7.85. The van der Waals surface area contributed by atoms with Gasteiger partial charge in [-0.3, -0.25) is 11.3 Å². The third-order valence-corrected chi connectivity index (χ3v) is 4.27. The second-order valence-corrected chi connectivity index (χ2v) is 5.42. The molecule has 2 heteroatoms. The molecule has 1 atom stereocenters. The highest BCUT2D eigenvalue weighted by Gasteiger charge is 2.51. The van der Waals surface area contributed by atoms with Gasteiger partial charge in [-0.1, -0.05) is 43.2 Å². The molecule has 2 nitrogen and oxygen atoms in total. The highest BCUT2D eigenvalue weighted by atomic mass is 15.2. The van der Waals surface area contributed by atoms with Gasteiger partial charge in [-0.25, -0.2) is 0 Å². The second-order valence-electron chi connectivity index (χ2n) is 5.42. The molecule has 0 radical (unpaired) electrons. The van der Waals surface area contributed by atoms with Crippen LogP contribution in [0.5, 0.6) is 0 Å². The summed E-state index contributed by atoms with van der Waals surface area (Å²) in [5.74, 6) is 6.69. The Balaban J connectivity index is 1.80. The average Bonchev–Trinajstić information content (AvgIpc) is 3.21. The van der Waals surface area contributed by atoms with Crippen molar-refractivity contribution >= 4 is 0 Å². The smallest absolute Gasteiger partial charge is 0.0310 e. The van der Waals surface area contributed by atoms with Crippen LogP contribution in [-0.2, 0) is 5.41 Å². The Morgan fingerprint density at radius 2 is 1.94 bits per heavy atom. The first-order valence-corrected chi connectivity index (χ1v) is 6.37. The van der Waals surface area contributed by atoms with Gasteiger partial charge in [0.1, 0.15) is 0 Å². The molecule has 0 spiro atoms. The van der Waals surface area contributed by atoms with Crippen molar-refractivity contribution in [3.63, 3.8) is 0 Å². The van der Waals surface area contributed by atoms with Gasteiger partial charge in [0.05, 0.1) is 0 Å². The molecule has 0 saturated heterocycles. The number of hydrazine groups is 1. The van der Waals surface area contributed by atoms with Crippen LogP contribution in [0.3, 0.4) is 0 Å². The Morgan fingerprint density at radius 3 is 2.44 bits per heavy atom. The molecule has 3 rings (SSSR count). The molecule has 2 aliphatic carbocycles. The zero-order valence-electron chi connectivity index (χ0n) is 9.65. The summed E-state index contributed by atoms with van der Waals surface area (Å²) in [5, 5.41) is 0. The van der Waals surface area contributed by atoms with E-state index in [-0.39, 0.29) is 0 Å². The summed E-state index contributed by atoms with van der Waals surface area (Å²) in [6, 6.07) is 11.3. The van der Waals surface area contributed by atoms with Gasteiger partial charge in [0, 0.05) is 11.5 Å². The van der Waals surface area contributed by atoms with Gasteiger partial charge in [-0.2, -0.15) is 0 Å². The first kappa shape index (κ1) is 10.3. The van der Waals surface area contributed by atoms with E-state index >= 15 is 0 Å². The quantitative estimate of drug-likeness (QED) is 0.585. The molecule has 16 heavy (non-hydrogen) atoms. The Hall–Kier alpha value is -0.860. The summed E-state index contributed by atoms with van der Waals surface area (Å²) in [6.07, 6.45) is 6.65. The minimum Gasteiger partial charge on any atom is -0.271 e. The number of nitrogens with one attached hydrogen (secondary N) is 1. The third kappa shape index (κ3) is 1.76. The van der Waals surface area contributed by atoms with Crippen LogP contribution >= 0.6 is 0 Å². The lowest BCUT2D eigenvalue weighted by Gasteiger charge is -2.27. The minimum absolute atomic E-state index is 0.346. The lowest BCUT2D eigenvalue weighted by Crippen LogP contribution is -2.44. The van der Waals surface area contributed by atoms with E-state index in [1.807, 2.05) is 0 Å². The van der Waals surface area contributed by atoms with Gasteiger partial charge in [-0.05, 0) is 30.7 Å². The van der Waals surface area contributed by atoms with Crippen LogP contribution in [0.4, 0.5) is 0 Å². The van der Waals surface area contributed by atoms with Crippen LogP contribution in [0.25, 0.3) is 0 Å². The maximum atomic E-state index is 5.76. The van der Waals surface area contributed by atoms with E-state index in [1.165, 1.54) is 37.7 Å². The molecule has 1 aromatic carbocycles. The molecule has 86 valence electrons. The van der Waals surface area contributed by atoms with E-state index < -0.39 is 0 Å². The van der Waals surface area contributed by atoms with Crippen LogP contribution in [0, 0.1) is 5.92 Å². The molecule has 2 fully saturated rings. The van der Waals surface area contributed by atoms with E-state index in [9.17, 15) is 0 Å². The maximum Gasteiger partial charge on any atom is 0.0310 e. The van der Waals surface area contributed by atoms with Gasteiger partial charge in [0.25, 0.3) is 0 Å². The minimum atomic E-state index is 0.346. The predicted molar refractivity (Wildman–Crippen MR) is 65.8 cm³/mol. The summed E-state index contributed by atoms with van der Waals surface area (Å²) >= 11 is 0. The van der Waals surface area contributed by atoms with Gasteiger partial charge in [0.2, 0.25) is 0 Å². The Bertz CT molecular complexity index is 352. The van der Waals surface area contributed by atoms with E-state index in [1.54, 1.807) is 0 Å². The molecule has 0 bridgehead atoms. The third-order valence-electron chi connectivity index (χ3n) is 4.27. The molecule has 0 amide bonds. The van der Waals surface area contributed by atoms with Crippen molar-refractivity contribution in [2.75, 3.05) is 0 Å². The van der Waals surface area contributed by atoms with Crippen molar-refractivity contribution < 1.29 is 0 Å². The zero-order chi connectivity index (χ0) is 11.0. The van der Waals surface area contributed by atoms with Gasteiger partial charge in [0.15, 0.2) is 0 Å². The summed E-state index contributed by atoms with van der Waals surface area (Å²) in [5.41, 5.74) is 4.89. The Morgan fingerprint density at radius 1 is 1.25 bits per heavy atom. The Kier molecular flexibility index (Phi) is 2.49. The molecule has 2 saturated carbocycles. The Labute approximate surface area is 97.2 Å². The molecule has 0 aromatic heterocycles. The summed E-state index contributed by atoms with van der Waals surface area (Å²) < 4.78 is 0. The molecule has 3 N–H and O–H groups in total. The van der Waals surface area contributed by atoms with Crippen molar-refractivity contribution in [3.8, 4) is 0 Å². The number of rotatable bonds is 5. The fourth-order valence-corrected chi connectivity index (χ4v) is 2.88. The van der Waals surface area contributed by atoms with E-state index in [0.717, 1.165) is 5.92 Å². The van der Waals surface area contributed by atoms with Gasteiger partial charge in [-0.15, -0.1) is 0 Å². The normalized spacial score (nSPS) is 24.1. The van der Waals surface area contributed by atoms with Gasteiger partial charge >= 0.3 is 0 Å². The highest BCUT2D eigenvalue weighted by Crippen LogP contribution is 2.53. The van der Waals surface area contributed by atoms with E-state index in [4.69, 9.17) is 5.84 Å². The first-order valence-electron chi connectivity index (χ1n) is 6.37. The fraction of sp³-hybridized carbons (Fsp3) is 0.571. The van der Waals surface area contributed by atoms with Crippen LogP contribution in [0.2, 0.25) is 0 Å². The van der Waals surface area contributed by atoms with Crippen LogP contribution in [0.1, 0.15) is 37.7 Å². The summed E-state index contributed by atoms with van der Waals surface area (Å²) in [7, 11) is 0. The number of hydrogen-bond donors (Lipinski definition) is 2. The molecule has 0 heterocycles. The predicted octanol–water partition coefficient (Wildman–Crippen LogP) is 2.35. The highest BCUT2D eigenvalue weighted by molar-refractivity contribution is 5.33. The largest absolute Gasteiger partial charge is 0.271 e. The van der Waals surface area contributed by atoms with Crippen molar-refractivity contribution in [2.45, 2.75) is 43.6 Å². The lowest BCUT2D eigenvalue weighted by atomic mass is 9.85. The molecular formula is C14H20N2. The summed E-state index contributed by atoms with van der Waals surface area (Å²) in [6.45, 7) is 0. The lowest BCUT2D eigenvalue weighted by molar-refractivity contribution is 0.382. The monoisotopic (exact) mass is 216 g/mol. The molecule has 1 aromatic rings. The maximum absolute atomic E-state index is 5.76. The fourth-order valence-electron chi connectivity index (χ4n) is 2.88. The number of benzene rings is 1. The SMILES string of the molecule is NNC(CC1CC1)C1(c2ccccc2)CC1.